The van der Waals surface area contributed by atoms with E-state index in [1.807, 2.05) is 13.8 Å². The summed E-state index contributed by atoms with van der Waals surface area (Å²) < 4.78 is 0. The quantitative estimate of drug-likeness (QED) is 0.230. The maximum atomic E-state index is 10.6. The van der Waals surface area contributed by atoms with Crippen molar-refractivity contribution in [2.45, 2.75) is 20.4 Å². The maximum Gasteiger partial charge on any atom is 0.269 e. The fourth-order valence-electron chi connectivity index (χ4n) is 2.21. The van der Waals surface area contributed by atoms with E-state index in [0.29, 0.717) is 19.6 Å². The second-order valence-corrected chi connectivity index (χ2v) is 6.61. The van der Waals surface area contributed by atoms with Crippen LogP contribution in [0.1, 0.15) is 15.6 Å². The van der Waals surface area contributed by atoms with Crippen LogP contribution < -0.4 is 16.0 Å². The van der Waals surface area contributed by atoms with Gasteiger partial charge < -0.3 is 16.0 Å². The van der Waals surface area contributed by atoms with Crippen LogP contribution in [0.2, 0.25) is 0 Å². The van der Waals surface area contributed by atoms with Crippen molar-refractivity contribution < 1.29 is 4.92 Å². The smallest absolute Gasteiger partial charge is 0.269 e. The van der Waals surface area contributed by atoms with E-state index >= 15 is 0 Å². The fourth-order valence-corrected chi connectivity index (χ4v) is 3.09. The number of aryl methyl sites for hydroxylation is 2. The summed E-state index contributed by atoms with van der Waals surface area (Å²) in [5.74, 6) is 0.718. The zero-order chi connectivity index (χ0) is 18.2. The van der Waals surface area contributed by atoms with Gasteiger partial charge in [0.1, 0.15) is 0 Å². The van der Waals surface area contributed by atoms with Crippen LogP contribution in [0.5, 0.6) is 0 Å². The van der Waals surface area contributed by atoms with E-state index in [1.165, 1.54) is 17.0 Å². The molecule has 1 heterocycles. The molecular formula is C16H22N6O2S. The molecule has 0 atom stereocenters. The van der Waals surface area contributed by atoms with Gasteiger partial charge in [-0.25, -0.2) is 4.98 Å². The largest absolute Gasteiger partial charge is 0.383 e. The average molecular weight is 362 g/mol. The van der Waals surface area contributed by atoms with Gasteiger partial charge in [0, 0.05) is 42.8 Å². The van der Waals surface area contributed by atoms with Crippen molar-refractivity contribution in [1.82, 2.24) is 15.6 Å². The lowest BCUT2D eigenvalue weighted by Gasteiger charge is -2.12. The first-order chi connectivity index (χ1) is 12.0. The molecule has 0 unspecified atom stereocenters. The molecule has 0 bridgehead atoms. The van der Waals surface area contributed by atoms with Gasteiger partial charge in [-0.1, -0.05) is 0 Å². The van der Waals surface area contributed by atoms with E-state index in [1.54, 1.807) is 30.5 Å². The SMILES string of the molecule is CN=C(NCCNc1ccc([N+](=O)[O-])cc1)NCc1sc(C)nc1C. The van der Waals surface area contributed by atoms with Gasteiger partial charge in [0.05, 0.1) is 22.2 Å². The molecule has 0 radical (unpaired) electrons. The Labute approximate surface area is 150 Å². The van der Waals surface area contributed by atoms with Crippen molar-refractivity contribution in [3.63, 3.8) is 0 Å². The third-order valence-corrected chi connectivity index (χ3v) is 4.54. The number of hydrogen-bond acceptors (Lipinski definition) is 6. The van der Waals surface area contributed by atoms with Crippen LogP contribution in [-0.4, -0.2) is 36.0 Å². The molecular weight excluding hydrogens is 340 g/mol. The van der Waals surface area contributed by atoms with Gasteiger partial charge in [0.15, 0.2) is 5.96 Å². The molecule has 0 saturated carbocycles. The van der Waals surface area contributed by atoms with Crippen LogP contribution in [0.4, 0.5) is 11.4 Å². The Kier molecular flexibility index (Phi) is 6.70. The number of rotatable bonds is 7. The molecule has 2 rings (SSSR count). The zero-order valence-corrected chi connectivity index (χ0v) is 15.3. The average Bonchev–Trinajstić information content (AvgIpc) is 2.92. The molecule has 0 fully saturated rings. The highest BCUT2D eigenvalue weighted by Crippen LogP contribution is 2.16. The van der Waals surface area contributed by atoms with Gasteiger partial charge in [0.2, 0.25) is 0 Å². The molecule has 134 valence electrons. The molecule has 0 saturated heterocycles. The molecule has 0 aliphatic heterocycles. The molecule has 8 nitrogen and oxygen atoms in total. The minimum Gasteiger partial charge on any atom is -0.383 e. The summed E-state index contributed by atoms with van der Waals surface area (Å²) in [7, 11) is 1.73. The number of thiazole rings is 1. The Balaban J connectivity index is 1.72. The van der Waals surface area contributed by atoms with Gasteiger partial charge in [-0.2, -0.15) is 0 Å². The molecule has 9 heteroatoms. The molecule has 0 aliphatic carbocycles. The predicted molar refractivity (Wildman–Crippen MR) is 101 cm³/mol. The van der Waals surface area contributed by atoms with Crippen LogP contribution in [0.3, 0.4) is 0 Å². The Morgan fingerprint density at radius 3 is 2.52 bits per heavy atom. The Morgan fingerprint density at radius 2 is 1.96 bits per heavy atom. The Morgan fingerprint density at radius 1 is 1.24 bits per heavy atom. The predicted octanol–water partition coefficient (Wildman–Crippen LogP) is 2.45. The van der Waals surface area contributed by atoms with Gasteiger partial charge >= 0.3 is 0 Å². The molecule has 0 amide bonds. The summed E-state index contributed by atoms with van der Waals surface area (Å²) in [6, 6.07) is 6.35. The number of nitrogens with one attached hydrogen (secondary N) is 3. The van der Waals surface area contributed by atoms with Gasteiger partial charge in [0.25, 0.3) is 5.69 Å². The van der Waals surface area contributed by atoms with Crippen LogP contribution in [0, 0.1) is 24.0 Å². The lowest BCUT2D eigenvalue weighted by Crippen LogP contribution is -2.39. The highest BCUT2D eigenvalue weighted by molar-refractivity contribution is 7.11. The minimum absolute atomic E-state index is 0.0851. The lowest BCUT2D eigenvalue weighted by atomic mass is 10.3. The van der Waals surface area contributed by atoms with Gasteiger partial charge in [-0.15, -0.1) is 11.3 Å². The second kappa shape index (κ2) is 8.97. The molecule has 0 aliphatic rings. The molecule has 1 aromatic heterocycles. The number of nitrogens with zero attached hydrogens (tertiary/aromatic N) is 3. The van der Waals surface area contributed by atoms with Crippen molar-refractivity contribution in [3.05, 3.63) is 50.0 Å². The highest BCUT2D eigenvalue weighted by atomic mass is 32.1. The number of anilines is 1. The topological polar surface area (TPSA) is 104 Å². The number of non-ortho nitro benzene ring substituents is 1. The van der Waals surface area contributed by atoms with Crippen molar-refractivity contribution in [1.29, 1.82) is 0 Å². The summed E-state index contributed by atoms with van der Waals surface area (Å²) in [5.41, 5.74) is 1.97. The molecule has 25 heavy (non-hydrogen) atoms. The summed E-state index contributed by atoms with van der Waals surface area (Å²) in [4.78, 5) is 20.0. The number of nitro groups is 1. The standard InChI is InChI=1S/C16H22N6O2S/c1-11-15(25-12(2)21-11)10-20-16(17-3)19-9-8-18-13-4-6-14(7-5-13)22(23)24/h4-7,18H,8-10H2,1-3H3,(H2,17,19,20). The van der Waals surface area contributed by atoms with Crippen LogP contribution in [-0.2, 0) is 6.54 Å². The number of hydrogen-bond donors (Lipinski definition) is 3. The van der Waals surface area contributed by atoms with Crippen molar-refractivity contribution in [3.8, 4) is 0 Å². The summed E-state index contributed by atoms with van der Waals surface area (Å²) in [5, 5.41) is 21.4. The highest BCUT2D eigenvalue weighted by Gasteiger charge is 2.06. The minimum atomic E-state index is -0.409. The van der Waals surface area contributed by atoms with E-state index in [9.17, 15) is 10.1 Å². The summed E-state index contributed by atoms with van der Waals surface area (Å²) in [6.45, 7) is 6.02. The molecule has 1 aromatic carbocycles. The second-order valence-electron chi connectivity index (χ2n) is 5.32. The van der Waals surface area contributed by atoms with E-state index in [0.717, 1.165) is 22.3 Å². The van der Waals surface area contributed by atoms with Crippen LogP contribution in [0.25, 0.3) is 0 Å². The molecule has 0 spiro atoms. The first kappa shape index (κ1) is 18.7. The van der Waals surface area contributed by atoms with E-state index in [-0.39, 0.29) is 5.69 Å². The third-order valence-electron chi connectivity index (χ3n) is 3.46. The number of guanidine groups is 1. The number of nitro benzene ring substituents is 1. The molecule has 2 aromatic rings. The monoisotopic (exact) mass is 362 g/mol. The first-order valence-electron chi connectivity index (χ1n) is 7.85. The first-order valence-corrected chi connectivity index (χ1v) is 8.67. The van der Waals surface area contributed by atoms with Crippen molar-refractivity contribution in [2.24, 2.45) is 4.99 Å². The third kappa shape index (κ3) is 5.71. The Hall–Kier alpha value is -2.68. The molecule has 3 N–H and O–H groups in total. The summed E-state index contributed by atoms with van der Waals surface area (Å²) >= 11 is 1.68. The van der Waals surface area contributed by atoms with E-state index in [2.05, 4.69) is 25.9 Å². The lowest BCUT2D eigenvalue weighted by molar-refractivity contribution is -0.384. The fraction of sp³-hybridized carbons (Fsp3) is 0.375. The normalized spacial score (nSPS) is 11.2. The maximum absolute atomic E-state index is 10.6. The summed E-state index contributed by atoms with van der Waals surface area (Å²) in [6.07, 6.45) is 0. The van der Waals surface area contributed by atoms with Gasteiger partial charge in [-0.3, -0.25) is 15.1 Å². The number of benzene rings is 1. The Bertz CT molecular complexity index is 742. The van der Waals surface area contributed by atoms with Crippen molar-refractivity contribution in [2.75, 3.05) is 25.5 Å². The van der Waals surface area contributed by atoms with E-state index in [4.69, 9.17) is 0 Å². The van der Waals surface area contributed by atoms with Crippen LogP contribution >= 0.6 is 11.3 Å². The number of aromatic nitrogens is 1. The van der Waals surface area contributed by atoms with Crippen LogP contribution in [0.15, 0.2) is 29.3 Å². The number of aliphatic imine (C=N–C) groups is 1. The van der Waals surface area contributed by atoms with Crippen molar-refractivity contribution >= 4 is 28.7 Å². The van der Waals surface area contributed by atoms with Gasteiger partial charge in [-0.05, 0) is 26.0 Å². The van der Waals surface area contributed by atoms with E-state index < -0.39 is 4.92 Å². The zero-order valence-electron chi connectivity index (χ0n) is 14.5.